The lowest BCUT2D eigenvalue weighted by Crippen LogP contribution is -2.52. The van der Waals surface area contributed by atoms with Crippen LogP contribution in [0.3, 0.4) is 0 Å². The second-order valence-electron chi connectivity index (χ2n) is 6.99. The molecule has 2 amide bonds. The first-order chi connectivity index (χ1) is 13.4. The average molecular weight is 396 g/mol. The summed E-state index contributed by atoms with van der Waals surface area (Å²) in [6.45, 7) is 2.83. The minimum Gasteiger partial charge on any atom is -0.480 e. The van der Waals surface area contributed by atoms with E-state index in [0.29, 0.717) is 51.4 Å². The highest BCUT2D eigenvalue weighted by molar-refractivity contribution is 5.74. The van der Waals surface area contributed by atoms with Crippen LogP contribution in [0.25, 0.3) is 0 Å². The Labute approximate surface area is 164 Å². The van der Waals surface area contributed by atoms with E-state index >= 15 is 0 Å². The van der Waals surface area contributed by atoms with Crippen molar-refractivity contribution in [2.24, 2.45) is 0 Å². The summed E-state index contributed by atoms with van der Waals surface area (Å²) in [5, 5.41) is 11.7. The molecule has 8 nitrogen and oxygen atoms in total. The number of carboxylic acid groups (broad SMARTS) is 1. The summed E-state index contributed by atoms with van der Waals surface area (Å²) in [6, 6.07) is 6.43. The number of carbonyl (C=O) groups excluding carboxylic acids is 1. The molecule has 0 spiro atoms. The molecule has 9 heteroatoms. The number of carbonyl (C=O) groups is 2. The van der Waals surface area contributed by atoms with E-state index in [4.69, 9.17) is 9.84 Å². The average Bonchev–Trinajstić information content (AvgIpc) is 2.64. The second-order valence-corrected chi connectivity index (χ2v) is 6.99. The Morgan fingerprint density at radius 2 is 2.11 bits per heavy atom. The predicted octanol–water partition coefficient (Wildman–Crippen LogP) is 1.08. The number of rotatable bonds is 9. The first-order valence-electron chi connectivity index (χ1n) is 9.37. The van der Waals surface area contributed by atoms with E-state index in [1.54, 1.807) is 35.0 Å². The molecule has 1 aromatic carbocycles. The van der Waals surface area contributed by atoms with Gasteiger partial charge in [-0.1, -0.05) is 12.1 Å². The molecule has 0 aromatic heterocycles. The molecule has 1 aliphatic heterocycles. The predicted molar refractivity (Wildman–Crippen MR) is 104 cm³/mol. The van der Waals surface area contributed by atoms with Gasteiger partial charge in [-0.15, -0.1) is 0 Å². The summed E-state index contributed by atoms with van der Waals surface area (Å²) < 4.78 is 19.4. The Hall–Kier alpha value is -2.39. The Morgan fingerprint density at radius 3 is 2.82 bits per heavy atom. The molecule has 156 valence electrons. The molecule has 0 bridgehead atoms. The first kappa shape index (κ1) is 21.9. The van der Waals surface area contributed by atoms with E-state index in [9.17, 15) is 14.0 Å². The topological polar surface area (TPSA) is 85.4 Å². The quantitative estimate of drug-likeness (QED) is 0.608. The van der Waals surface area contributed by atoms with Gasteiger partial charge in [0.05, 0.1) is 24.9 Å². The van der Waals surface area contributed by atoms with Gasteiger partial charge in [0.2, 0.25) is 0 Å². The Morgan fingerprint density at radius 1 is 1.36 bits per heavy atom. The van der Waals surface area contributed by atoms with Crippen molar-refractivity contribution < 1.29 is 23.8 Å². The number of anilines is 1. The van der Waals surface area contributed by atoms with Crippen molar-refractivity contribution in [3.05, 3.63) is 30.1 Å². The van der Waals surface area contributed by atoms with E-state index < -0.39 is 5.97 Å². The normalized spacial score (nSPS) is 16.9. The molecule has 0 saturated carbocycles. The van der Waals surface area contributed by atoms with E-state index in [2.05, 4.69) is 5.32 Å². The van der Waals surface area contributed by atoms with Crippen LogP contribution >= 0.6 is 0 Å². The molecule has 2 N–H and O–H groups in total. The zero-order valence-corrected chi connectivity index (χ0v) is 16.4. The standard InChI is InChI=1S/C19H29FN4O4/c1-22(14-18(25)26)12-15-13-24(10-11-28-15)19(27)21-8-5-9-23(2)17-7-4-3-6-16(17)20/h3-4,6-7,15H,5,8-14H2,1-2H3,(H,21,27)(H,25,26). The number of ether oxygens (including phenoxy) is 1. The Bertz CT molecular complexity index is 661. The van der Waals surface area contributed by atoms with Crippen molar-refractivity contribution in [1.29, 1.82) is 0 Å². The van der Waals surface area contributed by atoms with Crippen molar-refractivity contribution in [2.45, 2.75) is 12.5 Å². The third-order valence-electron chi connectivity index (χ3n) is 4.56. The van der Waals surface area contributed by atoms with Crippen LogP contribution < -0.4 is 10.2 Å². The van der Waals surface area contributed by atoms with Gasteiger partial charge in [0.1, 0.15) is 5.82 Å². The molecule has 1 saturated heterocycles. The van der Waals surface area contributed by atoms with Crippen LogP contribution in [0.5, 0.6) is 0 Å². The monoisotopic (exact) mass is 396 g/mol. The minimum absolute atomic E-state index is 0.0679. The lowest BCUT2D eigenvalue weighted by Gasteiger charge is -2.34. The number of likely N-dealkylation sites (N-methyl/N-ethyl adjacent to an activating group) is 1. The van der Waals surface area contributed by atoms with Gasteiger partial charge in [-0.05, 0) is 25.6 Å². The number of hydrogen-bond acceptors (Lipinski definition) is 5. The van der Waals surface area contributed by atoms with Crippen molar-refractivity contribution in [2.75, 3.05) is 64.9 Å². The van der Waals surface area contributed by atoms with Crippen LogP contribution in [0.2, 0.25) is 0 Å². The third kappa shape index (κ3) is 6.97. The highest BCUT2D eigenvalue weighted by Crippen LogP contribution is 2.16. The summed E-state index contributed by atoms with van der Waals surface area (Å²) in [5.41, 5.74) is 0.537. The summed E-state index contributed by atoms with van der Waals surface area (Å²) in [6.07, 6.45) is 0.474. The summed E-state index contributed by atoms with van der Waals surface area (Å²) in [5.74, 6) is -1.16. The molecule has 0 radical (unpaired) electrons. The fourth-order valence-electron chi connectivity index (χ4n) is 3.16. The minimum atomic E-state index is -0.895. The second kappa shape index (κ2) is 10.8. The fraction of sp³-hybridized carbons (Fsp3) is 0.579. The van der Waals surface area contributed by atoms with Gasteiger partial charge in [0.15, 0.2) is 0 Å². The van der Waals surface area contributed by atoms with Crippen LogP contribution in [-0.4, -0.2) is 93.0 Å². The highest BCUT2D eigenvalue weighted by Gasteiger charge is 2.25. The van der Waals surface area contributed by atoms with Crippen molar-refractivity contribution in [1.82, 2.24) is 15.1 Å². The van der Waals surface area contributed by atoms with Crippen LogP contribution in [0.15, 0.2) is 24.3 Å². The van der Waals surface area contributed by atoms with Crippen LogP contribution in [0, 0.1) is 5.82 Å². The zero-order chi connectivity index (χ0) is 20.5. The molecule has 1 atom stereocenters. The maximum absolute atomic E-state index is 13.8. The largest absolute Gasteiger partial charge is 0.480 e. The van der Waals surface area contributed by atoms with Gasteiger partial charge in [0, 0.05) is 39.8 Å². The molecule has 0 aliphatic carbocycles. The van der Waals surface area contributed by atoms with Gasteiger partial charge in [0.25, 0.3) is 0 Å². The lowest BCUT2D eigenvalue weighted by atomic mass is 10.2. The van der Waals surface area contributed by atoms with Gasteiger partial charge in [-0.25, -0.2) is 9.18 Å². The molecule has 1 heterocycles. The number of amides is 2. The maximum Gasteiger partial charge on any atom is 0.317 e. The number of halogens is 1. The van der Waals surface area contributed by atoms with E-state index in [1.165, 1.54) is 6.07 Å². The molecule has 1 fully saturated rings. The number of carboxylic acids is 1. The van der Waals surface area contributed by atoms with Crippen LogP contribution in [0.4, 0.5) is 14.9 Å². The Kier molecular flexibility index (Phi) is 8.46. The van der Waals surface area contributed by atoms with E-state index in [1.807, 2.05) is 11.9 Å². The van der Waals surface area contributed by atoms with Crippen molar-refractivity contribution >= 4 is 17.7 Å². The number of para-hydroxylation sites is 1. The summed E-state index contributed by atoms with van der Waals surface area (Å²) in [4.78, 5) is 28.3. The lowest BCUT2D eigenvalue weighted by molar-refractivity contribution is -0.138. The van der Waals surface area contributed by atoms with Crippen molar-refractivity contribution in [3.63, 3.8) is 0 Å². The number of hydrogen-bond donors (Lipinski definition) is 2. The zero-order valence-electron chi connectivity index (χ0n) is 16.4. The van der Waals surface area contributed by atoms with Crippen LogP contribution in [-0.2, 0) is 9.53 Å². The number of nitrogens with zero attached hydrogens (tertiary/aromatic N) is 3. The van der Waals surface area contributed by atoms with Gasteiger partial charge >= 0.3 is 12.0 Å². The van der Waals surface area contributed by atoms with Crippen LogP contribution in [0.1, 0.15) is 6.42 Å². The van der Waals surface area contributed by atoms with Crippen molar-refractivity contribution in [3.8, 4) is 0 Å². The third-order valence-corrected chi connectivity index (χ3v) is 4.56. The molecule has 1 unspecified atom stereocenters. The van der Waals surface area contributed by atoms with Gasteiger partial charge < -0.3 is 25.0 Å². The number of nitrogens with one attached hydrogen (secondary N) is 1. The number of benzene rings is 1. The molecule has 28 heavy (non-hydrogen) atoms. The smallest absolute Gasteiger partial charge is 0.317 e. The molecular formula is C19H29FN4O4. The maximum atomic E-state index is 13.8. The molecule has 2 rings (SSSR count). The summed E-state index contributed by atoms with van der Waals surface area (Å²) in [7, 11) is 3.53. The highest BCUT2D eigenvalue weighted by atomic mass is 19.1. The fourth-order valence-corrected chi connectivity index (χ4v) is 3.16. The number of aliphatic carboxylic acids is 1. The van der Waals surface area contributed by atoms with Gasteiger partial charge in [-0.2, -0.15) is 0 Å². The molecule has 1 aliphatic rings. The number of morpholine rings is 1. The molecule has 1 aromatic rings. The van der Waals surface area contributed by atoms with E-state index in [0.717, 1.165) is 0 Å². The summed E-state index contributed by atoms with van der Waals surface area (Å²) >= 11 is 0. The van der Waals surface area contributed by atoms with E-state index in [-0.39, 0.29) is 24.5 Å². The Balaban J connectivity index is 1.69. The molecular weight excluding hydrogens is 367 g/mol. The van der Waals surface area contributed by atoms with Gasteiger partial charge in [-0.3, -0.25) is 9.69 Å². The first-order valence-corrected chi connectivity index (χ1v) is 9.37. The SMILES string of the molecule is CN(CC(=O)O)CC1CN(C(=O)NCCCN(C)c2ccccc2F)CCO1. The number of urea groups is 1.